The fourth-order valence-corrected chi connectivity index (χ4v) is 10.5. The normalized spacial score (nSPS) is 46.5. The van der Waals surface area contributed by atoms with Crippen molar-refractivity contribution in [2.75, 3.05) is 0 Å². The predicted molar refractivity (Wildman–Crippen MR) is 145 cm³/mol. The van der Waals surface area contributed by atoms with Crippen molar-refractivity contribution in [3.05, 3.63) is 11.1 Å². The quantitative estimate of drug-likeness (QED) is 0.281. The van der Waals surface area contributed by atoms with Crippen molar-refractivity contribution < 1.29 is 29.3 Å². The van der Waals surface area contributed by atoms with Crippen molar-refractivity contribution in [2.24, 2.45) is 39.4 Å². The summed E-state index contributed by atoms with van der Waals surface area (Å²) in [5.41, 5.74) is 1.52. The fourth-order valence-electron chi connectivity index (χ4n) is 10.5. The molecule has 5 rings (SSSR count). The molecule has 38 heavy (non-hydrogen) atoms. The monoisotopic (exact) mass is 530 g/mol. The van der Waals surface area contributed by atoms with Crippen LogP contribution in [0.5, 0.6) is 0 Å². The Balaban J connectivity index is 1.48. The number of aliphatic hydroxyl groups is 2. The lowest BCUT2D eigenvalue weighted by atomic mass is 9.35. The average Bonchev–Trinajstić information content (AvgIpc) is 3.28. The first kappa shape index (κ1) is 28.3. The fraction of sp³-hybridized carbons (Fsp3) is 0.875. The molecular weight excluding hydrogens is 480 g/mol. The summed E-state index contributed by atoms with van der Waals surface area (Å²) in [5, 5.41) is 22.8. The minimum Gasteiger partial charge on any atom is -0.460 e. The van der Waals surface area contributed by atoms with Crippen LogP contribution in [-0.4, -0.2) is 52.0 Å². The molecule has 6 nitrogen and oxygen atoms in total. The van der Waals surface area contributed by atoms with Gasteiger partial charge in [0.15, 0.2) is 5.78 Å². The highest BCUT2D eigenvalue weighted by Gasteiger charge is 2.70. The van der Waals surface area contributed by atoms with E-state index in [4.69, 9.17) is 9.47 Å². The highest BCUT2D eigenvalue weighted by Crippen LogP contribution is 2.74. The standard InChI is InChI=1S/C32H50O6/c1-17(14-23(37-18(2)33)27-29(5,6)38-27)19-10-12-31(8)20(19)15-21(34)25-30(7)16-22(35)26(36)28(3,4)24(30)11-13-32(25,31)9/h17,21,23-27,34,36H,10-16H2,1-9H3/t17-,21+,23+,24+,25+,26-,27-,30+,31+,32+/m1/s1. The van der Waals surface area contributed by atoms with Gasteiger partial charge < -0.3 is 19.7 Å². The maximum absolute atomic E-state index is 13.1. The molecule has 214 valence electrons. The van der Waals surface area contributed by atoms with Crippen molar-refractivity contribution in [2.45, 2.75) is 137 Å². The van der Waals surface area contributed by atoms with Gasteiger partial charge in [-0.1, -0.05) is 52.7 Å². The van der Waals surface area contributed by atoms with Gasteiger partial charge in [0.2, 0.25) is 0 Å². The molecule has 0 aromatic rings. The van der Waals surface area contributed by atoms with Crippen LogP contribution in [0.15, 0.2) is 11.1 Å². The summed E-state index contributed by atoms with van der Waals surface area (Å²) in [6.45, 7) is 18.9. The number of carbonyl (C=O) groups is 2. The summed E-state index contributed by atoms with van der Waals surface area (Å²) in [5.74, 6) is 0.0731. The van der Waals surface area contributed by atoms with Crippen LogP contribution in [0.1, 0.15) is 107 Å². The van der Waals surface area contributed by atoms with Crippen LogP contribution >= 0.6 is 0 Å². The predicted octanol–water partition coefficient (Wildman–Crippen LogP) is 5.38. The lowest BCUT2D eigenvalue weighted by Gasteiger charge is -2.69. The SMILES string of the molecule is CC(=O)O[C@@H](C[C@@H](C)C1=C2C[C@H](O)[C@H]3[C@@]4(C)CC(=O)[C@@H](O)C(C)(C)[C@@H]4CC[C@]3(C)[C@@]2(C)CC1)[C@H]1OC1(C)C. The second-order valence-corrected chi connectivity index (χ2v) is 15.4. The Kier molecular flexibility index (Phi) is 6.43. The molecule has 0 aromatic heterocycles. The summed E-state index contributed by atoms with van der Waals surface area (Å²) in [6.07, 6.45) is 3.89. The van der Waals surface area contributed by atoms with Gasteiger partial charge in [-0.2, -0.15) is 0 Å². The number of hydrogen-bond donors (Lipinski definition) is 2. The number of ketones is 1. The third-order valence-corrected chi connectivity index (χ3v) is 12.5. The van der Waals surface area contributed by atoms with E-state index in [9.17, 15) is 19.8 Å². The number of esters is 1. The van der Waals surface area contributed by atoms with Crippen molar-refractivity contribution in [3.63, 3.8) is 0 Å². The summed E-state index contributed by atoms with van der Waals surface area (Å²) < 4.78 is 11.6. The molecule has 4 fully saturated rings. The maximum atomic E-state index is 13.1. The van der Waals surface area contributed by atoms with Gasteiger partial charge in [-0.25, -0.2) is 0 Å². The molecule has 1 saturated heterocycles. The van der Waals surface area contributed by atoms with E-state index in [0.717, 1.165) is 32.1 Å². The zero-order valence-electron chi connectivity index (χ0n) is 25.0. The Morgan fingerprint density at radius 3 is 2.32 bits per heavy atom. The van der Waals surface area contributed by atoms with E-state index in [1.165, 1.54) is 18.1 Å². The van der Waals surface area contributed by atoms with Gasteiger partial charge in [0, 0.05) is 18.8 Å². The number of hydrogen-bond acceptors (Lipinski definition) is 6. The summed E-state index contributed by atoms with van der Waals surface area (Å²) in [6, 6.07) is 0. The van der Waals surface area contributed by atoms with Gasteiger partial charge in [-0.3, -0.25) is 9.59 Å². The van der Waals surface area contributed by atoms with Crippen molar-refractivity contribution in [3.8, 4) is 0 Å². The first-order valence-electron chi connectivity index (χ1n) is 14.9. The molecule has 0 radical (unpaired) electrons. The summed E-state index contributed by atoms with van der Waals surface area (Å²) in [7, 11) is 0. The van der Waals surface area contributed by atoms with Crippen LogP contribution in [0.25, 0.3) is 0 Å². The molecule has 0 amide bonds. The van der Waals surface area contributed by atoms with Gasteiger partial charge in [0.25, 0.3) is 0 Å². The third-order valence-electron chi connectivity index (χ3n) is 12.5. The Hall–Kier alpha value is -1.24. The van der Waals surface area contributed by atoms with Crippen LogP contribution in [-0.2, 0) is 19.1 Å². The number of Topliss-reactive ketones (excluding diaryl/α,β-unsaturated/α-hetero) is 1. The molecule has 0 spiro atoms. The average molecular weight is 531 g/mol. The number of allylic oxidation sites excluding steroid dienone is 1. The third kappa shape index (κ3) is 3.83. The van der Waals surface area contributed by atoms with Gasteiger partial charge in [0.05, 0.1) is 11.7 Å². The van der Waals surface area contributed by atoms with Gasteiger partial charge >= 0.3 is 5.97 Å². The minimum atomic E-state index is -0.929. The molecule has 3 saturated carbocycles. The van der Waals surface area contributed by atoms with E-state index in [2.05, 4.69) is 27.7 Å². The van der Waals surface area contributed by atoms with Crippen LogP contribution in [0, 0.1) is 39.4 Å². The first-order chi connectivity index (χ1) is 17.4. The molecule has 4 aliphatic carbocycles. The van der Waals surface area contributed by atoms with Gasteiger partial charge in [-0.05, 0) is 86.4 Å². The second kappa shape index (κ2) is 8.63. The second-order valence-electron chi connectivity index (χ2n) is 15.4. The molecule has 0 aromatic carbocycles. The van der Waals surface area contributed by atoms with Crippen molar-refractivity contribution in [1.29, 1.82) is 0 Å². The number of ether oxygens (including phenoxy) is 2. The van der Waals surface area contributed by atoms with Crippen LogP contribution in [0.3, 0.4) is 0 Å². The van der Waals surface area contributed by atoms with E-state index in [1.807, 2.05) is 27.7 Å². The molecule has 0 bridgehead atoms. The molecule has 0 unspecified atom stereocenters. The van der Waals surface area contributed by atoms with Crippen molar-refractivity contribution in [1.82, 2.24) is 0 Å². The lowest BCUT2D eigenvalue weighted by molar-refractivity contribution is -0.222. The smallest absolute Gasteiger partial charge is 0.302 e. The lowest BCUT2D eigenvalue weighted by Crippen LogP contribution is -2.67. The van der Waals surface area contributed by atoms with Crippen molar-refractivity contribution >= 4 is 11.8 Å². The summed E-state index contributed by atoms with van der Waals surface area (Å²) in [4.78, 5) is 25.0. The molecular formula is C32H50O6. The topological polar surface area (TPSA) is 96.4 Å². The van der Waals surface area contributed by atoms with Crippen LogP contribution in [0.4, 0.5) is 0 Å². The number of fused-ring (bicyclic) bond motifs is 5. The summed E-state index contributed by atoms with van der Waals surface area (Å²) >= 11 is 0. The van der Waals surface area contributed by atoms with Crippen LogP contribution in [0.2, 0.25) is 0 Å². The molecule has 1 heterocycles. The Labute approximate surface area is 228 Å². The Bertz CT molecular complexity index is 1060. The zero-order valence-corrected chi connectivity index (χ0v) is 25.0. The van der Waals surface area contributed by atoms with E-state index in [1.54, 1.807) is 0 Å². The molecule has 10 atom stereocenters. The number of aliphatic hydroxyl groups excluding tert-OH is 2. The van der Waals surface area contributed by atoms with E-state index < -0.39 is 17.6 Å². The highest BCUT2D eigenvalue weighted by atomic mass is 16.6. The van der Waals surface area contributed by atoms with Gasteiger partial charge in [0.1, 0.15) is 18.3 Å². The van der Waals surface area contributed by atoms with E-state index in [-0.39, 0.29) is 63.6 Å². The number of epoxide rings is 1. The Morgan fingerprint density at radius 1 is 1.11 bits per heavy atom. The molecule has 2 N–H and O–H groups in total. The van der Waals surface area contributed by atoms with Crippen LogP contribution < -0.4 is 0 Å². The molecule has 5 aliphatic rings. The Morgan fingerprint density at radius 2 is 1.74 bits per heavy atom. The molecule has 1 aliphatic heterocycles. The zero-order chi connectivity index (χ0) is 28.2. The highest BCUT2D eigenvalue weighted by molar-refractivity contribution is 5.85. The van der Waals surface area contributed by atoms with Gasteiger partial charge in [-0.15, -0.1) is 0 Å². The maximum Gasteiger partial charge on any atom is 0.302 e. The van der Waals surface area contributed by atoms with E-state index >= 15 is 0 Å². The largest absolute Gasteiger partial charge is 0.460 e. The minimum absolute atomic E-state index is 0.00217. The van der Waals surface area contributed by atoms with E-state index in [0.29, 0.717) is 12.8 Å². The first-order valence-corrected chi connectivity index (χ1v) is 14.9. The molecule has 6 heteroatoms. The number of rotatable bonds is 5. The number of carbonyl (C=O) groups excluding carboxylic acids is 2.